The molecule has 1 heterocycles. The summed E-state index contributed by atoms with van der Waals surface area (Å²) in [6.45, 7) is 7.08. The summed E-state index contributed by atoms with van der Waals surface area (Å²) in [7, 11) is 1.91. The first-order chi connectivity index (χ1) is 9.08. The molecule has 1 atom stereocenters. The lowest BCUT2D eigenvalue weighted by Gasteiger charge is -2.19. The van der Waals surface area contributed by atoms with Crippen LogP contribution in [-0.4, -0.2) is 23.6 Å². The molecule has 0 amide bonds. The normalized spacial score (nSPS) is 16.7. The van der Waals surface area contributed by atoms with Crippen LogP contribution in [0.5, 0.6) is 0 Å². The fraction of sp³-hybridized carbons (Fsp3) is 0.714. The molecule has 1 aliphatic rings. The summed E-state index contributed by atoms with van der Waals surface area (Å²) in [5.74, 6) is 2.75. The van der Waals surface area contributed by atoms with Crippen molar-refractivity contribution in [2.24, 2.45) is 5.92 Å². The summed E-state index contributed by atoms with van der Waals surface area (Å²) in [6.07, 6.45) is 2.52. The standard InChI is InChI=1S/C14H22IN3O/c1-5-19-12(9-6-7-9)14-17-11(8(2)3)10(15)13(16-4)18-14/h8-9,12H,5-7H2,1-4H3,(H,16,17,18). The van der Waals surface area contributed by atoms with Crippen LogP contribution in [0.3, 0.4) is 0 Å². The first-order valence-corrected chi connectivity index (χ1v) is 8.03. The Morgan fingerprint density at radius 1 is 1.37 bits per heavy atom. The number of hydrogen-bond acceptors (Lipinski definition) is 4. The molecule has 0 radical (unpaired) electrons. The Balaban J connectivity index is 2.40. The molecule has 0 spiro atoms. The lowest BCUT2D eigenvalue weighted by molar-refractivity contribution is 0.0399. The van der Waals surface area contributed by atoms with E-state index in [0.29, 0.717) is 18.4 Å². The van der Waals surface area contributed by atoms with Crippen LogP contribution in [-0.2, 0) is 4.74 Å². The van der Waals surface area contributed by atoms with Gasteiger partial charge in [0.2, 0.25) is 0 Å². The molecule has 0 aliphatic heterocycles. The third-order valence-corrected chi connectivity index (χ3v) is 4.39. The fourth-order valence-electron chi connectivity index (χ4n) is 2.16. The molecule has 2 rings (SSSR count). The molecule has 5 heteroatoms. The Morgan fingerprint density at radius 2 is 2.05 bits per heavy atom. The number of aromatic nitrogens is 2. The third kappa shape index (κ3) is 3.37. The Hall–Kier alpha value is -0.430. The summed E-state index contributed by atoms with van der Waals surface area (Å²) in [5, 5.41) is 3.17. The first-order valence-electron chi connectivity index (χ1n) is 6.95. The van der Waals surface area contributed by atoms with Gasteiger partial charge in [-0.3, -0.25) is 0 Å². The van der Waals surface area contributed by atoms with Crippen molar-refractivity contribution >= 4 is 28.4 Å². The first kappa shape index (κ1) is 15.0. The number of hydrogen-bond donors (Lipinski definition) is 1. The smallest absolute Gasteiger partial charge is 0.160 e. The summed E-state index contributed by atoms with van der Waals surface area (Å²) < 4.78 is 6.99. The van der Waals surface area contributed by atoms with Crippen molar-refractivity contribution in [3.8, 4) is 0 Å². The van der Waals surface area contributed by atoms with Crippen LogP contribution in [0.4, 0.5) is 5.82 Å². The molecule has 0 aromatic carbocycles. The summed E-state index contributed by atoms with van der Waals surface area (Å²) in [6, 6.07) is 0. The highest BCUT2D eigenvalue weighted by Crippen LogP contribution is 2.43. The number of nitrogens with one attached hydrogen (secondary N) is 1. The van der Waals surface area contributed by atoms with Gasteiger partial charge in [-0.2, -0.15) is 0 Å². The van der Waals surface area contributed by atoms with E-state index in [1.165, 1.54) is 12.8 Å². The SMILES string of the molecule is CCOC(c1nc(NC)c(I)c(C(C)C)n1)C1CC1. The molecule has 1 fully saturated rings. The predicted octanol–water partition coefficient (Wildman–Crippen LogP) is 3.73. The van der Waals surface area contributed by atoms with Crippen molar-refractivity contribution in [1.29, 1.82) is 0 Å². The van der Waals surface area contributed by atoms with E-state index < -0.39 is 0 Å². The van der Waals surface area contributed by atoms with E-state index >= 15 is 0 Å². The van der Waals surface area contributed by atoms with Gasteiger partial charge in [-0.25, -0.2) is 9.97 Å². The predicted molar refractivity (Wildman–Crippen MR) is 85.5 cm³/mol. The van der Waals surface area contributed by atoms with Crippen molar-refractivity contribution in [3.05, 3.63) is 15.1 Å². The van der Waals surface area contributed by atoms with Crippen molar-refractivity contribution in [2.45, 2.75) is 45.6 Å². The van der Waals surface area contributed by atoms with Crippen LogP contribution in [0, 0.1) is 9.49 Å². The van der Waals surface area contributed by atoms with E-state index in [9.17, 15) is 0 Å². The zero-order valence-electron chi connectivity index (χ0n) is 12.0. The molecule has 0 bridgehead atoms. The van der Waals surface area contributed by atoms with E-state index in [0.717, 1.165) is 20.9 Å². The number of nitrogens with zero attached hydrogens (tertiary/aromatic N) is 2. The lowest BCUT2D eigenvalue weighted by Crippen LogP contribution is -2.15. The maximum absolute atomic E-state index is 5.87. The van der Waals surface area contributed by atoms with Crippen molar-refractivity contribution in [1.82, 2.24) is 9.97 Å². The Morgan fingerprint density at radius 3 is 2.53 bits per heavy atom. The number of rotatable bonds is 6. The fourth-order valence-corrected chi connectivity index (χ4v) is 3.29. The van der Waals surface area contributed by atoms with Gasteiger partial charge in [0.05, 0.1) is 9.26 Å². The van der Waals surface area contributed by atoms with Gasteiger partial charge in [-0.15, -0.1) is 0 Å². The van der Waals surface area contributed by atoms with Crippen molar-refractivity contribution in [3.63, 3.8) is 0 Å². The van der Waals surface area contributed by atoms with Crippen LogP contribution in [0.1, 0.15) is 57.2 Å². The highest BCUT2D eigenvalue weighted by molar-refractivity contribution is 14.1. The van der Waals surface area contributed by atoms with Crippen molar-refractivity contribution in [2.75, 3.05) is 19.0 Å². The molecule has 1 unspecified atom stereocenters. The summed E-state index contributed by atoms with van der Waals surface area (Å²) in [5.41, 5.74) is 1.11. The van der Waals surface area contributed by atoms with E-state index in [2.05, 4.69) is 46.7 Å². The van der Waals surface area contributed by atoms with Gasteiger partial charge < -0.3 is 10.1 Å². The minimum absolute atomic E-state index is 0.0617. The number of anilines is 1. The molecule has 1 N–H and O–H groups in total. The Labute approximate surface area is 128 Å². The van der Waals surface area contributed by atoms with Gasteiger partial charge in [0.15, 0.2) is 5.82 Å². The highest BCUT2D eigenvalue weighted by Gasteiger charge is 2.35. The van der Waals surface area contributed by atoms with Gasteiger partial charge in [-0.05, 0) is 54.2 Å². The summed E-state index contributed by atoms with van der Waals surface area (Å²) in [4.78, 5) is 9.44. The van der Waals surface area contributed by atoms with E-state index in [1.807, 2.05) is 14.0 Å². The van der Waals surface area contributed by atoms with Gasteiger partial charge in [-0.1, -0.05) is 13.8 Å². The average Bonchev–Trinajstić information content (AvgIpc) is 3.20. The Kier molecular flexibility index (Phi) is 5.00. The second kappa shape index (κ2) is 6.35. The van der Waals surface area contributed by atoms with E-state index in [1.54, 1.807) is 0 Å². The molecule has 1 aliphatic carbocycles. The van der Waals surface area contributed by atoms with E-state index in [-0.39, 0.29) is 6.10 Å². The molecular formula is C14H22IN3O. The average molecular weight is 375 g/mol. The monoisotopic (exact) mass is 375 g/mol. The molecule has 1 aromatic heterocycles. The maximum atomic E-state index is 5.87. The Bertz CT molecular complexity index is 447. The van der Waals surface area contributed by atoms with Gasteiger partial charge in [0.25, 0.3) is 0 Å². The molecule has 1 saturated carbocycles. The van der Waals surface area contributed by atoms with Crippen molar-refractivity contribution < 1.29 is 4.74 Å². The molecule has 1 aromatic rings. The maximum Gasteiger partial charge on any atom is 0.160 e. The molecule has 4 nitrogen and oxygen atoms in total. The minimum atomic E-state index is 0.0617. The zero-order valence-corrected chi connectivity index (χ0v) is 14.2. The van der Waals surface area contributed by atoms with Gasteiger partial charge in [0.1, 0.15) is 11.9 Å². The molecular weight excluding hydrogens is 353 g/mol. The molecule has 19 heavy (non-hydrogen) atoms. The van der Waals surface area contributed by atoms with E-state index in [4.69, 9.17) is 9.72 Å². The van der Waals surface area contributed by atoms with Crippen LogP contribution in [0.15, 0.2) is 0 Å². The minimum Gasteiger partial charge on any atom is -0.372 e. The largest absolute Gasteiger partial charge is 0.372 e. The van der Waals surface area contributed by atoms with Crippen LogP contribution >= 0.6 is 22.6 Å². The molecule has 0 saturated heterocycles. The van der Waals surface area contributed by atoms with Gasteiger partial charge >= 0.3 is 0 Å². The number of halogens is 1. The topological polar surface area (TPSA) is 47.0 Å². The van der Waals surface area contributed by atoms with Crippen LogP contribution in [0.2, 0.25) is 0 Å². The van der Waals surface area contributed by atoms with Crippen LogP contribution in [0.25, 0.3) is 0 Å². The van der Waals surface area contributed by atoms with Crippen LogP contribution < -0.4 is 5.32 Å². The third-order valence-electron chi connectivity index (χ3n) is 3.33. The highest BCUT2D eigenvalue weighted by atomic mass is 127. The lowest BCUT2D eigenvalue weighted by atomic mass is 10.1. The zero-order chi connectivity index (χ0) is 14.0. The second-order valence-corrected chi connectivity index (χ2v) is 6.33. The summed E-state index contributed by atoms with van der Waals surface area (Å²) >= 11 is 2.32. The molecule has 106 valence electrons. The van der Waals surface area contributed by atoms with Gasteiger partial charge in [0, 0.05) is 13.7 Å². The number of ether oxygens (including phenoxy) is 1. The second-order valence-electron chi connectivity index (χ2n) is 5.25. The quantitative estimate of drug-likeness (QED) is 0.770.